The molecule has 0 spiro atoms. The number of carbonyl (C=O) groups is 3. The number of hydrogen-bond donors (Lipinski definition) is 1. The Bertz CT molecular complexity index is 1140. The van der Waals surface area contributed by atoms with Gasteiger partial charge in [-0.15, -0.1) is 23.2 Å². The summed E-state index contributed by atoms with van der Waals surface area (Å²) in [5.74, 6) is -2.12. The van der Waals surface area contributed by atoms with Crippen LogP contribution in [0.3, 0.4) is 0 Å². The van der Waals surface area contributed by atoms with Gasteiger partial charge in [-0.1, -0.05) is 32.4 Å². The Hall–Kier alpha value is -1.89. The second kappa shape index (κ2) is 8.06. The molecule has 5 rings (SSSR count). The molecule has 35 heavy (non-hydrogen) atoms. The highest BCUT2D eigenvalue weighted by atomic mass is 35.5. The van der Waals surface area contributed by atoms with E-state index in [1.165, 1.54) is 18.4 Å². The van der Waals surface area contributed by atoms with Crippen LogP contribution in [0.15, 0.2) is 46.6 Å². The number of ketones is 2. The smallest absolute Gasteiger partial charge is 0.375 e. The molecule has 0 amide bonds. The number of fused-ring (bicyclic) bond motifs is 5. The largest absolute Gasteiger partial charge is 0.457 e. The summed E-state index contributed by atoms with van der Waals surface area (Å²) in [7, 11) is 0. The average molecular weight is 521 g/mol. The minimum Gasteiger partial charge on any atom is -0.457 e. The van der Waals surface area contributed by atoms with Gasteiger partial charge in [-0.05, 0) is 61.8 Å². The lowest BCUT2D eigenvalue weighted by Gasteiger charge is -2.64. The number of carbonyl (C=O) groups excluding carboxylic acids is 3. The van der Waals surface area contributed by atoms with Crippen molar-refractivity contribution in [2.45, 2.75) is 63.0 Å². The number of alkyl halides is 2. The molecule has 1 N–H and O–H groups in total. The topological polar surface area (TPSA) is 93.8 Å². The molecular formula is C27H30Cl2O6. The molecule has 8 atom stereocenters. The number of halogens is 2. The SMILES string of the molecule is CC1CC2C3CCC4=CC(=O)C=C[C@]4(C)C3(Cl)C(O)C[C@]2(C)C1(OC(=O)c1ccco1)C(=O)CCl. The Morgan fingerprint density at radius 1 is 1.29 bits per heavy atom. The summed E-state index contributed by atoms with van der Waals surface area (Å²) in [6.45, 7) is 5.81. The van der Waals surface area contributed by atoms with Crippen LogP contribution in [0.4, 0.5) is 0 Å². The standard InChI is InChI=1S/C27H30Cl2O6/c1-15-11-19-18-7-6-16-12-17(30)8-9-24(16,2)26(18,29)21(31)13-25(19,3)27(15,22(32)14-28)35-23(33)20-5-4-10-34-20/h4-5,8-10,12,15,18-19,21,31H,6-7,11,13-14H2,1-3H3/t15?,18?,19?,21?,24-,25-,26?,27?/m0/s1. The number of furan rings is 1. The fourth-order valence-electron chi connectivity index (χ4n) is 8.09. The van der Waals surface area contributed by atoms with Crippen LogP contribution in [0.5, 0.6) is 0 Å². The van der Waals surface area contributed by atoms with Crippen LogP contribution < -0.4 is 0 Å². The van der Waals surface area contributed by atoms with Gasteiger partial charge in [0.15, 0.2) is 17.2 Å². The summed E-state index contributed by atoms with van der Waals surface area (Å²) >= 11 is 13.6. The molecule has 6 unspecified atom stereocenters. The van der Waals surface area contributed by atoms with E-state index in [1.54, 1.807) is 12.1 Å². The van der Waals surface area contributed by atoms with E-state index in [9.17, 15) is 19.5 Å². The van der Waals surface area contributed by atoms with Crippen molar-refractivity contribution >= 4 is 40.7 Å². The summed E-state index contributed by atoms with van der Waals surface area (Å²) in [6, 6.07) is 3.07. The predicted molar refractivity (Wildman–Crippen MR) is 130 cm³/mol. The van der Waals surface area contributed by atoms with E-state index in [1.807, 2.05) is 26.8 Å². The first-order chi connectivity index (χ1) is 16.5. The minimum atomic E-state index is -1.53. The fraction of sp³-hybridized carbons (Fsp3) is 0.593. The van der Waals surface area contributed by atoms with Gasteiger partial charge in [0, 0.05) is 16.7 Å². The van der Waals surface area contributed by atoms with Gasteiger partial charge in [0.1, 0.15) is 0 Å². The molecule has 0 aliphatic heterocycles. The predicted octanol–water partition coefficient (Wildman–Crippen LogP) is 4.87. The maximum Gasteiger partial charge on any atom is 0.375 e. The summed E-state index contributed by atoms with van der Waals surface area (Å²) in [6.07, 6.45) is 7.44. The lowest BCUT2D eigenvalue weighted by atomic mass is 9.45. The van der Waals surface area contributed by atoms with E-state index in [0.717, 1.165) is 5.57 Å². The average Bonchev–Trinajstić information content (AvgIpc) is 3.42. The lowest BCUT2D eigenvalue weighted by Crippen LogP contribution is -2.69. The number of esters is 1. The molecular weight excluding hydrogens is 491 g/mol. The number of allylic oxidation sites excluding steroid dienone is 4. The van der Waals surface area contributed by atoms with Gasteiger partial charge in [0.25, 0.3) is 0 Å². The van der Waals surface area contributed by atoms with Crippen molar-refractivity contribution in [1.82, 2.24) is 0 Å². The molecule has 188 valence electrons. The maximum absolute atomic E-state index is 13.6. The Balaban J connectivity index is 1.61. The highest BCUT2D eigenvalue weighted by Gasteiger charge is 2.76. The molecule has 3 saturated carbocycles. The monoisotopic (exact) mass is 520 g/mol. The molecule has 0 radical (unpaired) electrons. The molecule has 6 nitrogen and oxygen atoms in total. The van der Waals surface area contributed by atoms with Gasteiger partial charge in [0.2, 0.25) is 5.76 Å². The van der Waals surface area contributed by atoms with Gasteiger partial charge in [-0.25, -0.2) is 4.79 Å². The van der Waals surface area contributed by atoms with E-state index in [2.05, 4.69) is 0 Å². The Morgan fingerprint density at radius 3 is 2.69 bits per heavy atom. The molecule has 3 fully saturated rings. The van der Waals surface area contributed by atoms with Gasteiger partial charge in [-0.3, -0.25) is 9.59 Å². The zero-order chi connectivity index (χ0) is 25.4. The first-order valence-corrected chi connectivity index (χ1v) is 13.0. The van der Waals surface area contributed by atoms with Crippen molar-refractivity contribution in [2.75, 3.05) is 5.88 Å². The van der Waals surface area contributed by atoms with Crippen LogP contribution in [0.25, 0.3) is 0 Å². The highest BCUT2D eigenvalue weighted by molar-refractivity contribution is 6.29. The fourth-order valence-corrected chi connectivity index (χ4v) is 8.81. The number of ether oxygens (including phenoxy) is 1. The Labute approximate surface area is 214 Å². The summed E-state index contributed by atoms with van der Waals surface area (Å²) < 4.78 is 11.3. The molecule has 1 aromatic heterocycles. The van der Waals surface area contributed by atoms with E-state index < -0.39 is 33.4 Å². The number of hydrogen-bond acceptors (Lipinski definition) is 6. The van der Waals surface area contributed by atoms with Gasteiger partial charge >= 0.3 is 5.97 Å². The van der Waals surface area contributed by atoms with E-state index in [-0.39, 0.29) is 47.4 Å². The van der Waals surface area contributed by atoms with Gasteiger partial charge in [-0.2, -0.15) is 0 Å². The molecule has 0 bridgehead atoms. The van der Waals surface area contributed by atoms with Gasteiger partial charge in [0.05, 0.1) is 23.1 Å². The summed E-state index contributed by atoms with van der Waals surface area (Å²) in [5.41, 5.74) is -2.20. The van der Waals surface area contributed by atoms with Crippen molar-refractivity contribution in [2.24, 2.45) is 28.6 Å². The quantitative estimate of drug-likeness (QED) is 0.449. The van der Waals surface area contributed by atoms with Crippen LogP contribution in [0.1, 0.15) is 57.0 Å². The maximum atomic E-state index is 13.6. The Kier molecular flexibility index (Phi) is 5.71. The third-order valence-corrected chi connectivity index (χ3v) is 10.9. The zero-order valence-corrected chi connectivity index (χ0v) is 21.6. The molecule has 1 aromatic rings. The van der Waals surface area contributed by atoms with Crippen molar-refractivity contribution in [3.05, 3.63) is 48.0 Å². The summed E-state index contributed by atoms with van der Waals surface area (Å²) in [5, 5.41) is 11.8. The highest BCUT2D eigenvalue weighted by Crippen LogP contribution is 2.72. The van der Waals surface area contributed by atoms with E-state index >= 15 is 0 Å². The first-order valence-electron chi connectivity index (χ1n) is 12.1. The molecule has 4 aliphatic carbocycles. The molecule has 4 aliphatic rings. The first kappa shape index (κ1) is 24.8. The molecule has 0 aromatic carbocycles. The molecule has 1 heterocycles. The number of aliphatic hydroxyl groups excluding tert-OH is 1. The second-order valence-electron chi connectivity index (χ2n) is 11.1. The van der Waals surface area contributed by atoms with Gasteiger partial charge < -0.3 is 14.3 Å². The van der Waals surface area contributed by atoms with Crippen molar-refractivity contribution in [3.63, 3.8) is 0 Å². The molecule has 8 heteroatoms. The second-order valence-corrected chi connectivity index (χ2v) is 12.0. The van der Waals surface area contributed by atoms with E-state index in [0.29, 0.717) is 19.3 Å². The number of aliphatic hydroxyl groups is 1. The zero-order valence-electron chi connectivity index (χ0n) is 20.1. The third-order valence-electron chi connectivity index (χ3n) is 9.69. The lowest BCUT2D eigenvalue weighted by molar-refractivity contribution is -0.177. The summed E-state index contributed by atoms with van der Waals surface area (Å²) in [4.78, 5) is 37.7. The minimum absolute atomic E-state index is 0.00557. The molecule has 0 saturated heterocycles. The van der Waals surface area contributed by atoms with Crippen molar-refractivity contribution < 1.29 is 28.6 Å². The Morgan fingerprint density at radius 2 is 2.03 bits per heavy atom. The van der Waals surface area contributed by atoms with Crippen LogP contribution in [0, 0.1) is 28.6 Å². The third kappa shape index (κ3) is 3.02. The van der Waals surface area contributed by atoms with Crippen LogP contribution in [0.2, 0.25) is 0 Å². The normalized spacial score (nSPS) is 44.2. The van der Waals surface area contributed by atoms with Crippen molar-refractivity contribution in [3.8, 4) is 0 Å². The van der Waals surface area contributed by atoms with Crippen molar-refractivity contribution in [1.29, 1.82) is 0 Å². The van der Waals surface area contributed by atoms with Crippen LogP contribution >= 0.6 is 23.2 Å². The van der Waals surface area contributed by atoms with Crippen LogP contribution in [-0.2, 0) is 14.3 Å². The van der Waals surface area contributed by atoms with Crippen LogP contribution in [-0.4, -0.2) is 45.1 Å². The number of Topliss-reactive ketones (excluding diaryl/α,β-unsaturated/α-hetero) is 1. The number of rotatable bonds is 4. The van der Waals surface area contributed by atoms with E-state index in [4.69, 9.17) is 32.4 Å².